The zero-order valence-corrected chi connectivity index (χ0v) is 15.7. The molecule has 0 aliphatic heterocycles. The predicted octanol–water partition coefficient (Wildman–Crippen LogP) is 4.49. The molecule has 3 aromatic rings. The maximum atomic E-state index is 12.3. The lowest BCUT2D eigenvalue weighted by molar-refractivity contribution is 0.0924. The second-order valence-corrected chi connectivity index (χ2v) is 6.76. The Kier molecular flexibility index (Phi) is 5.20. The summed E-state index contributed by atoms with van der Waals surface area (Å²) < 4.78 is 5.59. The third-order valence-corrected chi connectivity index (χ3v) is 4.51. The number of hydrogen-bond donors (Lipinski definition) is 2. The molecule has 2 heterocycles. The van der Waals surface area contributed by atoms with Gasteiger partial charge in [0.1, 0.15) is 5.76 Å². The van der Waals surface area contributed by atoms with E-state index < -0.39 is 5.91 Å². The van der Waals surface area contributed by atoms with E-state index in [4.69, 9.17) is 27.6 Å². The maximum absolute atomic E-state index is 12.3. The topological polar surface area (TPSA) is 75.1 Å². The monoisotopic (exact) mass is 390 g/mol. The predicted molar refractivity (Wildman–Crippen MR) is 102 cm³/mol. The summed E-state index contributed by atoms with van der Waals surface area (Å²) >= 11 is 12.1. The molecule has 0 unspecified atom stereocenters. The van der Waals surface area contributed by atoms with Gasteiger partial charge in [-0.25, -0.2) is 0 Å². The van der Waals surface area contributed by atoms with Gasteiger partial charge >= 0.3 is 0 Å². The number of carbonyl (C=O) groups excluding carboxylic acids is 1. The average molecular weight is 391 g/mol. The lowest BCUT2D eigenvalue weighted by Crippen LogP contribution is -2.27. The normalized spacial score (nSPS) is 10.8. The molecule has 0 spiro atoms. The lowest BCUT2D eigenvalue weighted by Gasteiger charge is -2.07. The van der Waals surface area contributed by atoms with Crippen LogP contribution in [0.15, 0.2) is 45.6 Å². The Morgan fingerprint density at radius 1 is 1.15 bits per heavy atom. The van der Waals surface area contributed by atoms with Gasteiger partial charge in [-0.2, -0.15) is 0 Å². The van der Waals surface area contributed by atoms with Crippen LogP contribution >= 0.6 is 23.2 Å². The van der Waals surface area contributed by atoms with Crippen molar-refractivity contribution < 1.29 is 9.21 Å². The van der Waals surface area contributed by atoms with Gasteiger partial charge in [0.05, 0.1) is 5.02 Å². The number of nitrogens with one attached hydrogen (secondary N) is 2. The number of carbonyl (C=O) groups is 1. The molecule has 134 valence electrons. The molecular formula is C19H16Cl2N2O3. The van der Waals surface area contributed by atoms with E-state index in [1.807, 2.05) is 19.9 Å². The van der Waals surface area contributed by atoms with E-state index in [9.17, 15) is 9.59 Å². The van der Waals surface area contributed by atoms with E-state index in [1.54, 1.807) is 30.3 Å². The molecule has 7 heteroatoms. The highest BCUT2D eigenvalue weighted by Gasteiger charge is 2.15. The number of benzene rings is 1. The van der Waals surface area contributed by atoms with Crippen LogP contribution in [0.25, 0.3) is 11.3 Å². The minimum atomic E-state index is -0.422. The molecule has 1 aromatic carbocycles. The van der Waals surface area contributed by atoms with Crippen molar-refractivity contribution in [3.8, 4) is 11.3 Å². The molecule has 2 N–H and O–H groups in total. The molecule has 2 aromatic heterocycles. The second-order valence-electron chi connectivity index (χ2n) is 5.91. The molecule has 0 radical (unpaired) electrons. The van der Waals surface area contributed by atoms with E-state index in [0.717, 1.165) is 11.3 Å². The standard InChI is InChI=1S/C19H16Cl2N2O3/c1-10-7-11(2)23-18(24)14(10)9-22-19(25)17-6-5-16(26-17)13-8-12(20)3-4-15(13)21/h3-8H,9H2,1-2H3,(H,22,25)(H,23,24). The van der Waals surface area contributed by atoms with Crippen LogP contribution in [0.4, 0.5) is 0 Å². The summed E-state index contributed by atoms with van der Waals surface area (Å²) in [6.45, 7) is 3.74. The van der Waals surface area contributed by atoms with Crippen molar-refractivity contribution in [1.29, 1.82) is 0 Å². The number of furan rings is 1. The maximum Gasteiger partial charge on any atom is 0.287 e. The van der Waals surface area contributed by atoms with Crippen molar-refractivity contribution in [2.75, 3.05) is 0 Å². The molecule has 0 aliphatic rings. The van der Waals surface area contributed by atoms with Gasteiger partial charge in [-0.15, -0.1) is 0 Å². The Hall–Kier alpha value is -2.50. The molecule has 0 bridgehead atoms. The Bertz CT molecular complexity index is 1040. The highest BCUT2D eigenvalue weighted by atomic mass is 35.5. The van der Waals surface area contributed by atoms with Crippen LogP contribution in [-0.2, 0) is 6.54 Å². The summed E-state index contributed by atoms with van der Waals surface area (Å²) in [6, 6.07) is 10.1. The van der Waals surface area contributed by atoms with Crippen molar-refractivity contribution >= 4 is 29.1 Å². The molecule has 3 rings (SSSR count). The molecule has 1 amide bonds. The highest BCUT2D eigenvalue weighted by Crippen LogP contribution is 2.31. The quantitative estimate of drug-likeness (QED) is 0.688. The summed E-state index contributed by atoms with van der Waals surface area (Å²) in [5, 5.41) is 3.68. The fraction of sp³-hybridized carbons (Fsp3) is 0.158. The Labute approximate surface area is 159 Å². The third-order valence-electron chi connectivity index (χ3n) is 3.94. The van der Waals surface area contributed by atoms with E-state index in [1.165, 1.54) is 0 Å². The fourth-order valence-corrected chi connectivity index (χ4v) is 3.03. The number of aromatic amines is 1. The summed E-state index contributed by atoms with van der Waals surface area (Å²) in [6.07, 6.45) is 0. The number of aromatic nitrogens is 1. The molecule has 0 saturated carbocycles. The third kappa shape index (κ3) is 3.84. The van der Waals surface area contributed by atoms with Crippen LogP contribution in [0.1, 0.15) is 27.4 Å². The number of amides is 1. The Morgan fingerprint density at radius 3 is 2.65 bits per heavy atom. The van der Waals surface area contributed by atoms with Gasteiger partial charge in [-0.3, -0.25) is 9.59 Å². The molecular weight excluding hydrogens is 375 g/mol. The van der Waals surface area contributed by atoms with Crippen LogP contribution < -0.4 is 10.9 Å². The number of H-pyrrole nitrogens is 1. The summed E-state index contributed by atoms with van der Waals surface area (Å²) in [5.74, 6) is 0.137. The van der Waals surface area contributed by atoms with Gasteiger partial charge in [0, 0.05) is 28.4 Å². The van der Waals surface area contributed by atoms with Crippen molar-refractivity contribution in [3.63, 3.8) is 0 Å². The van der Waals surface area contributed by atoms with Gasteiger partial charge in [0.25, 0.3) is 11.5 Å². The number of halogens is 2. The highest BCUT2D eigenvalue weighted by molar-refractivity contribution is 6.35. The van der Waals surface area contributed by atoms with Gasteiger partial charge < -0.3 is 14.7 Å². The van der Waals surface area contributed by atoms with E-state index in [2.05, 4.69) is 10.3 Å². The van der Waals surface area contributed by atoms with Crippen LogP contribution in [0.5, 0.6) is 0 Å². The molecule has 0 atom stereocenters. The number of rotatable bonds is 4. The summed E-state index contributed by atoms with van der Waals surface area (Å²) in [4.78, 5) is 27.1. The minimum Gasteiger partial charge on any atom is -0.451 e. The van der Waals surface area contributed by atoms with Crippen molar-refractivity contribution in [1.82, 2.24) is 10.3 Å². The van der Waals surface area contributed by atoms with Crippen molar-refractivity contribution in [2.45, 2.75) is 20.4 Å². The van der Waals surface area contributed by atoms with Crippen LogP contribution in [0, 0.1) is 13.8 Å². The van der Waals surface area contributed by atoms with Crippen LogP contribution in [-0.4, -0.2) is 10.9 Å². The molecule has 26 heavy (non-hydrogen) atoms. The number of hydrogen-bond acceptors (Lipinski definition) is 3. The van der Waals surface area contributed by atoms with Gasteiger partial charge in [0.15, 0.2) is 5.76 Å². The van der Waals surface area contributed by atoms with E-state index >= 15 is 0 Å². The zero-order chi connectivity index (χ0) is 18.8. The molecule has 0 fully saturated rings. The van der Waals surface area contributed by atoms with E-state index in [0.29, 0.717) is 26.9 Å². The zero-order valence-electron chi connectivity index (χ0n) is 14.2. The Balaban J connectivity index is 1.77. The summed E-state index contributed by atoms with van der Waals surface area (Å²) in [7, 11) is 0. The van der Waals surface area contributed by atoms with Crippen LogP contribution in [0.2, 0.25) is 10.0 Å². The lowest BCUT2D eigenvalue weighted by atomic mass is 10.1. The van der Waals surface area contributed by atoms with Gasteiger partial charge in [0.2, 0.25) is 0 Å². The molecule has 5 nitrogen and oxygen atoms in total. The fourth-order valence-electron chi connectivity index (χ4n) is 2.65. The smallest absolute Gasteiger partial charge is 0.287 e. The average Bonchev–Trinajstić information content (AvgIpc) is 3.05. The first kappa shape index (κ1) is 18.3. The molecule has 0 saturated heterocycles. The molecule has 0 aliphatic carbocycles. The van der Waals surface area contributed by atoms with Crippen LogP contribution in [0.3, 0.4) is 0 Å². The SMILES string of the molecule is Cc1cc(C)c(CNC(=O)c2ccc(-c3cc(Cl)ccc3Cl)o2)c(=O)[nH]1. The van der Waals surface area contributed by atoms with Crippen molar-refractivity contribution in [2.24, 2.45) is 0 Å². The van der Waals surface area contributed by atoms with Crippen molar-refractivity contribution in [3.05, 3.63) is 79.4 Å². The van der Waals surface area contributed by atoms with E-state index in [-0.39, 0.29) is 17.9 Å². The number of pyridine rings is 1. The number of aryl methyl sites for hydroxylation is 2. The second kappa shape index (κ2) is 7.40. The first-order valence-corrected chi connectivity index (χ1v) is 8.63. The minimum absolute atomic E-state index is 0.105. The van der Waals surface area contributed by atoms with Gasteiger partial charge in [-0.1, -0.05) is 23.2 Å². The first-order chi connectivity index (χ1) is 12.3. The first-order valence-electron chi connectivity index (χ1n) is 7.88. The summed E-state index contributed by atoms with van der Waals surface area (Å²) in [5.41, 5.74) is 2.49. The Morgan fingerprint density at radius 2 is 1.92 bits per heavy atom. The largest absolute Gasteiger partial charge is 0.451 e. The van der Waals surface area contributed by atoms with Gasteiger partial charge in [-0.05, 0) is 55.8 Å².